The summed E-state index contributed by atoms with van der Waals surface area (Å²) >= 11 is 0. The van der Waals surface area contributed by atoms with Crippen molar-refractivity contribution in [1.29, 1.82) is 0 Å². The van der Waals surface area contributed by atoms with E-state index in [0.717, 1.165) is 19.4 Å². The van der Waals surface area contributed by atoms with Crippen LogP contribution in [0.5, 0.6) is 0 Å². The Kier molecular flexibility index (Phi) is 35.5. The summed E-state index contributed by atoms with van der Waals surface area (Å²) < 4.78 is 29.7. The zero-order chi connectivity index (χ0) is 43.9. The minimum absolute atomic E-state index is 0.0763. The SMILES string of the molecule is C=CCCO.C=CCCOC(=O)C(C)(C)C.CC(C)(C)C(=O)OCCC1CO1.[B]C(CCOC(=O)C(C)(C)C)COP.[B]C(CO)CCOC(=O)C(C)(C)C. The van der Waals surface area contributed by atoms with Crippen LogP contribution in [-0.2, 0) is 47.4 Å². The van der Waals surface area contributed by atoms with Gasteiger partial charge >= 0.3 is 23.9 Å². The number of hydrogen-bond donors (Lipinski definition) is 2. The highest BCUT2D eigenvalue weighted by atomic mass is 31.0. The molecule has 15 heteroatoms. The maximum Gasteiger partial charge on any atom is 0.311 e. The number of epoxide rings is 1. The van der Waals surface area contributed by atoms with Gasteiger partial charge in [-0.05, 0) is 109 Å². The number of esters is 4. The van der Waals surface area contributed by atoms with Crippen molar-refractivity contribution in [2.45, 2.75) is 133 Å². The van der Waals surface area contributed by atoms with E-state index in [9.17, 15) is 19.2 Å². The molecule has 55 heavy (non-hydrogen) atoms. The first-order valence-corrected chi connectivity index (χ1v) is 19.2. The first-order valence-electron chi connectivity index (χ1n) is 18.7. The van der Waals surface area contributed by atoms with Gasteiger partial charge in [0.05, 0.1) is 76.5 Å². The molecule has 0 aromatic carbocycles. The molecule has 2 N–H and O–H groups in total. The molecule has 1 aliphatic rings. The number of aliphatic hydroxyl groups excluding tert-OH is 2. The van der Waals surface area contributed by atoms with E-state index in [4.69, 9.17) is 54.1 Å². The molecule has 1 saturated heterocycles. The first kappa shape index (κ1) is 59.5. The van der Waals surface area contributed by atoms with Crippen LogP contribution in [0.3, 0.4) is 0 Å². The Labute approximate surface area is 338 Å². The molecule has 0 aliphatic carbocycles. The van der Waals surface area contributed by atoms with Crippen molar-refractivity contribution in [2.75, 3.05) is 52.9 Å². The molecular formula is C40H75B2O12P. The molecule has 0 aromatic heterocycles. The van der Waals surface area contributed by atoms with Gasteiger partial charge in [-0.1, -0.05) is 23.8 Å². The Morgan fingerprint density at radius 2 is 1.02 bits per heavy atom. The van der Waals surface area contributed by atoms with E-state index in [2.05, 4.69) is 22.6 Å². The Bertz CT molecular complexity index is 1040. The molecule has 4 unspecified atom stereocenters. The summed E-state index contributed by atoms with van der Waals surface area (Å²) in [5, 5.41) is 16.6. The first-order chi connectivity index (χ1) is 25.1. The summed E-state index contributed by atoms with van der Waals surface area (Å²) in [5.41, 5.74) is -1.68. The maximum absolute atomic E-state index is 11.3. The highest BCUT2D eigenvalue weighted by Gasteiger charge is 2.26. The molecule has 12 nitrogen and oxygen atoms in total. The summed E-state index contributed by atoms with van der Waals surface area (Å²) in [4.78, 5) is 44.8. The van der Waals surface area contributed by atoms with Crippen molar-refractivity contribution in [2.24, 2.45) is 21.7 Å². The molecule has 4 atom stereocenters. The lowest BCUT2D eigenvalue weighted by molar-refractivity contribution is -0.153. The Hall–Kier alpha value is -2.24. The van der Waals surface area contributed by atoms with E-state index in [1.165, 1.54) is 0 Å². The number of rotatable bonds is 17. The van der Waals surface area contributed by atoms with Gasteiger partial charge in [-0.3, -0.25) is 19.2 Å². The van der Waals surface area contributed by atoms with Gasteiger partial charge < -0.3 is 38.4 Å². The van der Waals surface area contributed by atoms with Crippen LogP contribution in [0.2, 0.25) is 11.6 Å². The second-order valence-electron chi connectivity index (χ2n) is 16.8. The van der Waals surface area contributed by atoms with E-state index >= 15 is 0 Å². The van der Waals surface area contributed by atoms with E-state index in [1.54, 1.807) is 32.9 Å². The second kappa shape index (κ2) is 32.8. The predicted octanol–water partition coefficient (Wildman–Crippen LogP) is 6.72. The fourth-order valence-electron chi connectivity index (χ4n) is 2.61. The van der Waals surface area contributed by atoms with E-state index in [-0.39, 0.29) is 66.2 Å². The largest absolute Gasteiger partial charge is 0.465 e. The summed E-state index contributed by atoms with van der Waals surface area (Å²) in [6.07, 6.45) is 7.14. The topological polar surface area (TPSA) is 167 Å². The van der Waals surface area contributed by atoms with Crippen LogP contribution < -0.4 is 0 Å². The average molecular weight is 801 g/mol. The Morgan fingerprint density at radius 1 is 0.673 bits per heavy atom. The highest BCUT2D eigenvalue weighted by Crippen LogP contribution is 2.19. The van der Waals surface area contributed by atoms with Gasteiger partial charge in [0, 0.05) is 35.7 Å². The molecule has 0 spiro atoms. The molecule has 318 valence electrons. The van der Waals surface area contributed by atoms with Gasteiger partial charge in [-0.15, -0.1) is 13.2 Å². The quantitative estimate of drug-likeness (QED) is 0.0304. The van der Waals surface area contributed by atoms with Crippen LogP contribution in [0.15, 0.2) is 25.3 Å². The smallest absolute Gasteiger partial charge is 0.311 e. The average Bonchev–Trinajstić information content (AvgIpc) is 3.89. The zero-order valence-corrected chi connectivity index (χ0v) is 37.4. The lowest BCUT2D eigenvalue weighted by Gasteiger charge is -2.17. The van der Waals surface area contributed by atoms with Gasteiger partial charge in [0.1, 0.15) is 0 Å². The number of hydrogen-bond acceptors (Lipinski definition) is 12. The molecule has 1 aliphatic heterocycles. The third-order valence-electron chi connectivity index (χ3n) is 6.40. The van der Waals surface area contributed by atoms with Crippen molar-refractivity contribution in [3.63, 3.8) is 0 Å². The number of ether oxygens (including phenoxy) is 5. The molecule has 0 aromatic rings. The molecule has 0 amide bonds. The number of carbonyl (C=O) groups excluding carboxylic acids is 4. The summed E-state index contributed by atoms with van der Waals surface area (Å²) in [5.74, 6) is -1.11. The van der Waals surface area contributed by atoms with Gasteiger partial charge in [-0.25, -0.2) is 0 Å². The van der Waals surface area contributed by atoms with Crippen LogP contribution in [0.25, 0.3) is 0 Å². The predicted molar refractivity (Wildman–Crippen MR) is 224 cm³/mol. The van der Waals surface area contributed by atoms with Gasteiger partial charge in [-0.2, -0.15) is 0 Å². The molecule has 4 radical (unpaired) electrons. The monoisotopic (exact) mass is 801 g/mol. The van der Waals surface area contributed by atoms with Gasteiger partial charge in [0.25, 0.3) is 0 Å². The van der Waals surface area contributed by atoms with Crippen molar-refractivity contribution in [3.05, 3.63) is 25.3 Å². The number of aliphatic hydroxyl groups is 2. The van der Waals surface area contributed by atoms with Gasteiger partial charge in [0.15, 0.2) is 0 Å². The molecule has 0 saturated carbocycles. The minimum atomic E-state index is -0.469. The van der Waals surface area contributed by atoms with Gasteiger partial charge in [0.2, 0.25) is 0 Å². The molecular weight excluding hydrogens is 725 g/mol. The lowest BCUT2D eigenvalue weighted by Crippen LogP contribution is -2.23. The van der Waals surface area contributed by atoms with E-state index in [1.807, 2.05) is 62.3 Å². The fraction of sp³-hybridized carbons (Fsp3) is 0.800. The van der Waals surface area contributed by atoms with E-state index in [0.29, 0.717) is 51.8 Å². The third-order valence-corrected chi connectivity index (χ3v) is 6.59. The third kappa shape index (κ3) is 42.7. The van der Waals surface area contributed by atoms with Crippen LogP contribution in [0, 0.1) is 21.7 Å². The molecule has 1 heterocycles. The van der Waals surface area contributed by atoms with Crippen molar-refractivity contribution < 1.29 is 57.6 Å². The van der Waals surface area contributed by atoms with Crippen LogP contribution in [-0.4, -0.2) is 109 Å². The molecule has 0 bridgehead atoms. The minimum Gasteiger partial charge on any atom is -0.465 e. The fourth-order valence-corrected chi connectivity index (χ4v) is 2.86. The van der Waals surface area contributed by atoms with Crippen molar-refractivity contribution in [1.82, 2.24) is 0 Å². The normalized spacial score (nSPS) is 14.4. The lowest BCUT2D eigenvalue weighted by atomic mass is 9.86. The van der Waals surface area contributed by atoms with Crippen LogP contribution in [0.4, 0.5) is 0 Å². The summed E-state index contributed by atoms with van der Waals surface area (Å²) in [6.45, 7) is 31.8. The standard InChI is InChI=1S/C9H18BO3P.C9H17BO3.C9H16O3.C9H16O2.C4H8O/c1-9(2,3)8(11)12-5-4-7(10)6-13-14;1-9(2,3)8(12)13-5-4-7(10)6-11;1-9(2,3)8(10)11-5-4-7-6-12-7;1-5-6-7-11-8(10)9(2,3)4;1-2-3-4-5/h7H,4-6,14H2,1-3H3;7,11H,4-6H2,1-3H3;7H,4-6H2,1-3H3;5H,1,6-7H2,2-4H3;2,5H,1,3-4H2. The van der Waals surface area contributed by atoms with Crippen LogP contribution in [0.1, 0.15) is 115 Å². The Morgan fingerprint density at radius 3 is 1.29 bits per heavy atom. The highest BCUT2D eigenvalue weighted by molar-refractivity contribution is 7.09. The van der Waals surface area contributed by atoms with Crippen molar-refractivity contribution in [3.8, 4) is 0 Å². The van der Waals surface area contributed by atoms with Crippen molar-refractivity contribution >= 4 is 49.0 Å². The van der Waals surface area contributed by atoms with E-state index < -0.39 is 10.8 Å². The molecule has 1 fully saturated rings. The summed E-state index contributed by atoms with van der Waals surface area (Å²) in [6, 6.07) is 0. The molecule has 1 rings (SSSR count). The Balaban J connectivity index is -0.000000303. The van der Waals surface area contributed by atoms with Crippen LogP contribution >= 0.6 is 9.47 Å². The zero-order valence-electron chi connectivity index (χ0n) is 36.2. The summed E-state index contributed by atoms with van der Waals surface area (Å²) in [7, 11) is 13.2. The number of carbonyl (C=O) groups is 4. The second-order valence-corrected chi connectivity index (χ2v) is 17.1. The maximum atomic E-state index is 11.3.